The lowest BCUT2D eigenvalue weighted by Gasteiger charge is -2.19. The molecule has 4 heteroatoms. The van der Waals surface area contributed by atoms with Gasteiger partial charge in [0.25, 0.3) is 0 Å². The Morgan fingerprint density at radius 1 is 1.20 bits per heavy atom. The smallest absolute Gasteiger partial charge is 0.219 e. The lowest BCUT2D eigenvalue weighted by Crippen LogP contribution is -2.15. The summed E-state index contributed by atoms with van der Waals surface area (Å²) in [7, 11) is 0. The van der Waals surface area contributed by atoms with E-state index in [2.05, 4.69) is 25.8 Å². The molecule has 0 aliphatic carbocycles. The summed E-state index contributed by atoms with van der Waals surface area (Å²) in [4.78, 5) is 4.56. The van der Waals surface area contributed by atoms with Crippen molar-refractivity contribution < 1.29 is 4.74 Å². The van der Waals surface area contributed by atoms with E-state index < -0.39 is 0 Å². The summed E-state index contributed by atoms with van der Waals surface area (Å²) >= 11 is 5.95. The molecular weight excluding hydrogens is 272 g/mol. The Hall–Kier alpha value is -1.58. The molecule has 0 aliphatic rings. The van der Waals surface area contributed by atoms with Crippen LogP contribution in [0.4, 0.5) is 0 Å². The first kappa shape index (κ1) is 14.8. The third-order valence-electron chi connectivity index (χ3n) is 2.88. The van der Waals surface area contributed by atoms with Crippen LogP contribution in [0.2, 0.25) is 5.02 Å². The first-order valence-corrected chi connectivity index (χ1v) is 6.91. The van der Waals surface area contributed by atoms with Crippen LogP contribution in [0.15, 0.2) is 36.4 Å². The molecule has 106 valence electrons. The van der Waals surface area contributed by atoms with Gasteiger partial charge in [0.2, 0.25) is 5.88 Å². The monoisotopic (exact) mass is 290 g/mol. The normalized spacial score (nSPS) is 11.4. The molecule has 2 N–H and O–H groups in total. The highest BCUT2D eigenvalue weighted by atomic mass is 35.5. The molecule has 2 aromatic rings. The number of aromatic nitrogens is 1. The number of pyridine rings is 1. The molecule has 2 rings (SSSR count). The Balaban J connectivity index is 2.36. The van der Waals surface area contributed by atoms with Gasteiger partial charge in [-0.2, -0.15) is 0 Å². The fourth-order valence-corrected chi connectivity index (χ4v) is 1.94. The summed E-state index contributed by atoms with van der Waals surface area (Å²) in [6.07, 6.45) is 0. The van der Waals surface area contributed by atoms with Crippen LogP contribution < -0.4 is 10.5 Å². The van der Waals surface area contributed by atoms with Gasteiger partial charge >= 0.3 is 0 Å². The number of hydrogen-bond acceptors (Lipinski definition) is 3. The number of halogens is 1. The molecule has 0 fully saturated rings. The van der Waals surface area contributed by atoms with E-state index in [0.717, 1.165) is 11.3 Å². The van der Waals surface area contributed by atoms with Crippen molar-refractivity contribution in [1.29, 1.82) is 0 Å². The van der Waals surface area contributed by atoms with Crippen molar-refractivity contribution in [2.75, 3.05) is 0 Å². The Bertz CT molecular complexity index is 606. The van der Waals surface area contributed by atoms with Crippen molar-refractivity contribution in [3.8, 4) is 11.6 Å². The summed E-state index contributed by atoms with van der Waals surface area (Å²) in [5.74, 6) is 1.21. The molecule has 0 amide bonds. The molecule has 0 bridgehead atoms. The van der Waals surface area contributed by atoms with Crippen LogP contribution >= 0.6 is 11.6 Å². The van der Waals surface area contributed by atoms with Crippen LogP contribution in [0.3, 0.4) is 0 Å². The minimum Gasteiger partial charge on any atom is -0.439 e. The number of nitrogens with zero attached hydrogens (tertiary/aromatic N) is 1. The van der Waals surface area contributed by atoms with E-state index in [1.54, 1.807) is 12.1 Å². The summed E-state index contributed by atoms with van der Waals surface area (Å²) in [5.41, 5.74) is 7.64. The second-order valence-electron chi connectivity index (χ2n) is 5.71. The Labute approximate surface area is 124 Å². The standard InChI is InChI=1S/C16H19ClN2O/c1-16(2,3)14-7-11(10-18)8-15(19-14)20-13-6-4-5-12(17)9-13/h4-9H,10,18H2,1-3H3. The van der Waals surface area contributed by atoms with Gasteiger partial charge in [-0.15, -0.1) is 0 Å². The van der Waals surface area contributed by atoms with Crippen molar-refractivity contribution in [2.45, 2.75) is 32.7 Å². The van der Waals surface area contributed by atoms with Crippen LogP contribution in [-0.2, 0) is 12.0 Å². The average molecular weight is 291 g/mol. The van der Waals surface area contributed by atoms with Gasteiger partial charge in [0.05, 0.1) is 5.69 Å². The van der Waals surface area contributed by atoms with Gasteiger partial charge in [0.15, 0.2) is 0 Å². The molecule has 20 heavy (non-hydrogen) atoms. The van der Waals surface area contributed by atoms with Crippen molar-refractivity contribution in [3.63, 3.8) is 0 Å². The van der Waals surface area contributed by atoms with E-state index in [-0.39, 0.29) is 5.41 Å². The van der Waals surface area contributed by atoms with E-state index in [1.165, 1.54) is 0 Å². The van der Waals surface area contributed by atoms with Crippen LogP contribution in [0, 0.1) is 0 Å². The molecule has 0 radical (unpaired) electrons. The van der Waals surface area contributed by atoms with E-state index >= 15 is 0 Å². The van der Waals surface area contributed by atoms with Gasteiger partial charge in [0.1, 0.15) is 5.75 Å². The minimum atomic E-state index is -0.0579. The maximum absolute atomic E-state index is 5.95. The van der Waals surface area contributed by atoms with E-state index in [1.807, 2.05) is 24.3 Å². The Morgan fingerprint density at radius 3 is 2.55 bits per heavy atom. The van der Waals surface area contributed by atoms with Gasteiger partial charge in [-0.1, -0.05) is 38.4 Å². The van der Waals surface area contributed by atoms with Crippen molar-refractivity contribution in [2.24, 2.45) is 5.73 Å². The molecule has 1 heterocycles. The topological polar surface area (TPSA) is 48.1 Å². The fraction of sp³-hybridized carbons (Fsp3) is 0.312. The average Bonchev–Trinajstić information content (AvgIpc) is 2.37. The van der Waals surface area contributed by atoms with Crippen LogP contribution in [-0.4, -0.2) is 4.98 Å². The predicted octanol–water partition coefficient (Wildman–Crippen LogP) is 4.28. The second kappa shape index (κ2) is 5.81. The van der Waals surface area contributed by atoms with E-state index in [0.29, 0.717) is 23.2 Å². The van der Waals surface area contributed by atoms with Crippen molar-refractivity contribution in [3.05, 3.63) is 52.7 Å². The van der Waals surface area contributed by atoms with Crippen LogP contribution in [0.5, 0.6) is 11.6 Å². The highest BCUT2D eigenvalue weighted by Crippen LogP contribution is 2.27. The lowest BCUT2D eigenvalue weighted by molar-refractivity contribution is 0.450. The minimum absolute atomic E-state index is 0.0579. The highest BCUT2D eigenvalue weighted by Gasteiger charge is 2.17. The largest absolute Gasteiger partial charge is 0.439 e. The number of benzene rings is 1. The van der Waals surface area contributed by atoms with Crippen molar-refractivity contribution >= 4 is 11.6 Å². The van der Waals surface area contributed by atoms with Gasteiger partial charge in [0, 0.05) is 23.0 Å². The van der Waals surface area contributed by atoms with Crippen molar-refractivity contribution in [1.82, 2.24) is 4.98 Å². The molecule has 0 spiro atoms. The first-order chi connectivity index (χ1) is 9.38. The summed E-state index contributed by atoms with van der Waals surface area (Å²) in [5, 5.41) is 0.633. The molecule has 3 nitrogen and oxygen atoms in total. The molecule has 0 saturated heterocycles. The summed E-state index contributed by atoms with van der Waals surface area (Å²) in [6, 6.07) is 11.1. The maximum atomic E-state index is 5.95. The molecule has 0 saturated carbocycles. The molecule has 0 aliphatic heterocycles. The molecule has 0 atom stereocenters. The van der Waals surface area contributed by atoms with E-state index in [9.17, 15) is 0 Å². The number of hydrogen-bond donors (Lipinski definition) is 1. The third kappa shape index (κ3) is 3.71. The summed E-state index contributed by atoms with van der Waals surface area (Å²) in [6.45, 7) is 6.79. The Morgan fingerprint density at radius 2 is 1.95 bits per heavy atom. The van der Waals surface area contributed by atoms with Gasteiger partial charge < -0.3 is 10.5 Å². The highest BCUT2D eigenvalue weighted by molar-refractivity contribution is 6.30. The first-order valence-electron chi connectivity index (χ1n) is 6.53. The maximum Gasteiger partial charge on any atom is 0.219 e. The SMILES string of the molecule is CC(C)(C)c1cc(CN)cc(Oc2cccc(Cl)c2)n1. The molecule has 0 unspecified atom stereocenters. The fourth-order valence-electron chi connectivity index (χ4n) is 1.76. The zero-order chi connectivity index (χ0) is 14.8. The molecular formula is C16H19ClN2O. The zero-order valence-electron chi connectivity index (χ0n) is 12.0. The number of rotatable bonds is 3. The lowest BCUT2D eigenvalue weighted by atomic mass is 9.91. The van der Waals surface area contributed by atoms with Gasteiger partial charge in [-0.05, 0) is 29.8 Å². The molecule has 1 aromatic heterocycles. The Kier molecular flexibility index (Phi) is 4.31. The van der Waals surface area contributed by atoms with E-state index in [4.69, 9.17) is 22.1 Å². The van der Waals surface area contributed by atoms with Crippen LogP contribution in [0.1, 0.15) is 32.0 Å². The molecule has 1 aromatic carbocycles. The number of nitrogens with two attached hydrogens (primary N) is 1. The number of ether oxygens (including phenoxy) is 1. The van der Waals surface area contributed by atoms with Gasteiger partial charge in [-0.3, -0.25) is 0 Å². The quantitative estimate of drug-likeness (QED) is 0.917. The summed E-state index contributed by atoms with van der Waals surface area (Å²) < 4.78 is 5.79. The zero-order valence-corrected chi connectivity index (χ0v) is 12.7. The van der Waals surface area contributed by atoms with Gasteiger partial charge in [-0.25, -0.2) is 4.98 Å². The third-order valence-corrected chi connectivity index (χ3v) is 3.12. The van der Waals surface area contributed by atoms with Crippen LogP contribution in [0.25, 0.3) is 0 Å². The predicted molar refractivity (Wildman–Crippen MR) is 82.4 cm³/mol. The second-order valence-corrected chi connectivity index (χ2v) is 6.15.